The molecule has 1 aliphatic rings. The van der Waals surface area contributed by atoms with Crippen molar-refractivity contribution >= 4 is 17.0 Å². The van der Waals surface area contributed by atoms with E-state index in [2.05, 4.69) is 51.8 Å². The normalized spacial score (nSPS) is 16.1. The summed E-state index contributed by atoms with van der Waals surface area (Å²) >= 11 is 1.83. The highest BCUT2D eigenvalue weighted by Crippen LogP contribution is 2.33. The number of hydrogen-bond donors (Lipinski definition) is 1. The van der Waals surface area contributed by atoms with Crippen LogP contribution < -0.4 is 10.2 Å². The summed E-state index contributed by atoms with van der Waals surface area (Å²) < 4.78 is 0. The summed E-state index contributed by atoms with van der Waals surface area (Å²) in [5.74, 6) is 0. The van der Waals surface area contributed by atoms with E-state index < -0.39 is 0 Å². The molecular weight excluding hydrogens is 266 g/mol. The maximum absolute atomic E-state index is 4.61. The number of anilines is 1. The van der Waals surface area contributed by atoms with E-state index in [1.54, 1.807) is 0 Å². The summed E-state index contributed by atoms with van der Waals surface area (Å²) in [6, 6.07) is 9.69. The fourth-order valence-corrected chi connectivity index (χ4v) is 3.06. The first-order chi connectivity index (χ1) is 9.78. The van der Waals surface area contributed by atoms with Crippen molar-refractivity contribution in [2.45, 2.75) is 38.4 Å². The third kappa shape index (κ3) is 3.02. The van der Waals surface area contributed by atoms with E-state index in [-0.39, 0.29) is 0 Å². The summed E-state index contributed by atoms with van der Waals surface area (Å²) in [7, 11) is 1.97. The summed E-state index contributed by atoms with van der Waals surface area (Å²) in [4.78, 5) is 8.52. The van der Waals surface area contributed by atoms with Gasteiger partial charge in [-0.1, -0.05) is 6.07 Å². The molecule has 0 amide bonds. The minimum atomic E-state index is 0.302. The van der Waals surface area contributed by atoms with Crippen molar-refractivity contribution in [1.29, 1.82) is 0 Å². The van der Waals surface area contributed by atoms with Gasteiger partial charge in [0, 0.05) is 17.0 Å². The summed E-state index contributed by atoms with van der Waals surface area (Å²) in [5.41, 5.74) is 2.34. The Hall–Kier alpha value is -1.39. The lowest BCUT2D eigenvalue weighted by molar-refractivity contribution is 0.632. The first-order valence-corrected chi connectivity index (χ1v) is 8.08. The van der Waals surface area contributed by atoms with Crippen LogP contribution in [0.15, 0.2) is 35.8 Å². The highest BCUT2D eigenvalue weighted by molar-refractivity contribution is 7.09. The van der Waals surface area contributed by atoms with Gasteiger partial charge in [-0.3, -0.25) is 4.98 Å². The minimum absolute atomic E-state index is 0.302. The van der Waals surface area contributed by atoms with Gasteiger partial charge in [0.15, 0.2) is 0 Å². The van der Waals surface area contributed by atoms with E-state index in [0.717, 1.165) is 12.2 Å². The van der Waals surface area contributed by atoms with Crippen LogP contribution in [0.2, 0.25) is 0 Å². The molecule has 4 heteroatoms. The number of aromatic nitrogens is 1. The molecule has 2 aromatic rings. The molecule has 0 spiro atoms. The maximum atomic E-state index is 4.61. The van der Waals surface area contributed by atoms with Gasteiger partial charge in [0.25, 0.3) is 0 Å². The largest absolute Gasteiger partial charge is 0.362 e. The second kappa shape index (κ2) is 5.94. The molecular formula is C16H21N3S. The van der Waals surface area contributed by atoms with Gasteiger partial charge >= 0.3 is 0 Å². The maximum Gasteiger partial charge on any atom is 0.0571 e. The van der Waals surface area contributed by atoms with Crippen molar-refractivity contribution in [3.05, 3.63) is 46.4 Å². The number of rotatable bonds is 6. The molecule has 1 N–H and O–H groups in total. The predicted molar refractivity (Wildman–Crippen MR) is 85.2 cm³/mol. The molecule has 1 atom stereocenters. The third-order valence-corrected chi connectivity index (χ3v) is 4.73. The average Bonchev–Trinajstić information content (AvgIpc) is 3.21. The van der Waals surface area contributed by atoms with Crippen molar-refractivity contribution in [2.75, 3.05) is 11.9 Å². The standard InChI is InChI=1S/C16H21N3S/c1-12(17-2)16-8-7-14(10-18-16)19(13-5-6-13)11-15-4-3-9-20-15/h3-4,7-10,12-13,17H,5-6,11H2,1-2H3. The molecule has 106 valence electrons. The van der Waals surface area contributed by atoms with E-state index in [9.17, 15) is 0 Å². The summed E-state index contributed by atoms with van der Waals surface area (Å²) in [5, 5.41) is 5.38. The Kier molecular flexibility index (Phi) is 4.03. The first kappa shape index (κ1) is 13.6. The monoisotopic (exact) mass is 287 g/mol. The molecule has 2 aromatic heterocycles. The molecule has 1 aliphatic carbocycles. The SMILES string of the molecule is CNC(C)c1ccc(N(Cc2cccs2)C2CC2)cn1. The Morgan fingerprint density at radius 3 is 2.80 bits per heavy atom. The van der Waals surface area contributed by atoms with Crippen LogP contribution in [0.1, 0.15) is 36.4 Å². The molecule has 3 nitrogen and oxygen atoms in total. The zero-order valence-corrected chi connectivity index (χ0v) is 12.9. The highest BCUT2D eigenvalue weighted by Gasteiger charge is 2.29. The highest BCUT2D eigenvalue weighted by atomic mass is 32.1. The van der Waals surface area contributed by atoms with E-state index in [1.807, 2.05) is 24.6 Å². The van der Waals surface area contributed by atoms with Crippen LogP contribution in [-0.4, -0.2) is 18.1 Å². The molecule has 2 heterocycles. The quantitative estimate of drug-likeness (QED) is 0.880. The second-order valence-corrected chi connectivity index (χ2v) is 6.42. The van der Waals surface area contributed by atoms with Crippen LogP contribution in [0.4, 0.5) is 5.69 Å². The molecule has 1 unspecified atom stereocenters. The van der Waals surface area contributed by atoms with Gasteiger partial charge in [0.2, 0.25) is 0 Å². The lowest BCUT2D eigenvalue weighted by atomic mass is 10.2. The smallest absolute Gasteiger partial charge is 0.0571 e. The minimum Gasteiger partial charge on any atom is -0.362 e. The lowest BCUT2D eigenvalue weighted by Crippen LogP contribution is -2.25. The van der Waals surface area contributed by atoms with Crippen molar-refractivity contribution in [3.63, 3.8) is 0 Å². The van der Waals surface area contributed by atoms with E-state index in [1.165, 1.54) is 23.4 Å². The van der Waals surface area contributed by atoms with Gasteiger partial charge in [-0.25, -0.2) is 0 Å². The first-order valence-electron chi connectivity index (χ1n) is 7.20. The number of nitrogens with zero attached hydrogens (tertiary/aromatic N) is 2. The molecule has 0 radical (unpaired) electrons. The predicted octanol–water partition coefficient (Wildman–Crippen LogP) is 3.59. The summed E-state index contributed by atoms with van der Waals surface area (Å²) in [6.45, 7) is 3.14. The van der Waals surface area contributed by atoms with Gasteiger partial charge in [-0.05, 0) is 50.4 Å². The van der Waals surface area contributed by atoms with Gasteiger partial charge in [-0.2, -0.15) is 0 Å². The zero-order valence-electron chi connectivity index (χ0n) is 12.0. The fraction of sp³-hybridized carbons (Fsp3) is 0.438. The second-order valence-electron chi connectivity index (χ2n) is 5.39. The van der Waals surface area contributed by atoms with Crippen LogP contribution in [0.3, 0.4) is 0 Å². The molecule has 0 bridgehead atoms. The Balaban J connectivity index is 1.77. The Morgan fingerprint density at radius 2 is 2.25 bits per heavy atom. The van der Waals surface area contributed by atoms with Gasteiger partial charge in [-0.15, -0.1) is 11.3 Å². The van der Waals surface area contributed by atoms with Crippen molar-refractivity contribution < 1.29 is 0 Å². The lowest BCUT2D eigenvalue weighted by Gasteiger charge is -2.24. The summed E-state index contributed by atoms with van der Waals surface area (Å²) in [6.07, 6.45) is 4.63. The van der Waals surface area contributed by atoms with Crippen LogP contribution in [0.25, 0.3) is 0 Å². The number of hydrogen-bond acceptors (Lipinski definition) is 4. The van der Waals surface area contributed by atoms with Crippen LogP contribution >= 0.6 is 11.3 Å². The Labute approximate surface area is 124 Å². The van der Waals surface area contributed by atoms with Crippen LogP contribution in [-0.2, 0) is 6.54 Å². The molecule has 0 aliphatic heterocycles. The molecule has 0 aromatic carbocycles. The van der Waals surface area contributed by atoms with Crippen molar-refractivity contribution in [3.8, 4) is 0 Å². The molecule has 1 fully saturated rings. The fourth-order valence-electron chi connectivity index (χ4n) is 2.36. The van der Waals surface area contributed by atoms with E-state index in [4.69, 9.17) is 0 Å². The topological polar surface area (TPSA) is 28.2 Å². The van der Waals surface area contributed by atoms with Crippen LogP contribution in [0.5, 0.6) is 0 Å². The molecule has 0 saturated heterocycles. The molecule has 20 heavy (non-hydrogen) atoms. The number of pyridine rings is 1. The van der Waals surface area contributed by atoms with Crippen molar-refractivity contribution in [1.82, 2.24) is 10.3 Å². The Morgan fingerprint density at radius 1 is 1.40 bits per heavy atom. The van der Waals surface area contributed by atoms with E-state index >= 15 is 0 Å². The Bertz CT molecular complexity index is 531. The zero-order chi connectivity index (χ0) is 13.9. The third-order valence-electron chi connectivity index (χ3n) is 3.87. The van der Waals surface area contributed by atoms with Gasteiger partial charge in [0.05, 0.1) is 24.1 Å². The van der Waals surface area contributed by atoms with Gasteiger partial charge < -0.3 is 10.2 Å². The molecule has 1 saturated carbocycles. The number of thiophene rings is 1. The van der Waals surface area contributed by atoms with Gasteiger partial charge in [0.1, 0.15) is 0 Å². The van der Waals surface area contributed by atoms with Crippen molar-refractivity contribution in [2.24, 2.45) is 0 Å². The number of nitrogens with one attached hydrogen (secondary N) is 1. The molecule has 3 rings (SSSR count). The average molecular weight is 287 g/mol. The van der Waals surface area contributed by atoms with E-state index in [0.29, 0.717) is 12.1 Å². The van der Waals surface area contributed by atoms with Crippen LogP contribution in [0, 0.1) is 0 Å².